The number of methoxy groups -OCH3 is 2. The maximum Gasteiger partial charge on any atom is 0.161 e. The summed E-state index contributed by atoms with van der Waals surface area (Å²) in [4.78, 5) is 0. The van der Waals surface area contributed by atoms with Crippen molar-refractivity contribution in [2.45, 2.75) is 13.2 Å². The molecule has 2 aromatic carbocycles. The fourth-order valence-corrected chi connectivity index (χ4v) is 1.87. The third-order valence-electron chi connectivity index (χ3n) is 2.97. The molecule has 0 radical (unpaired) electrons. The lowest BCUT2D eigenvalue weighted by Gasteiger charge is -2.10. The molecule has 106 valence electrons. The highest BCUT2D eigenvalue weighted by molar-refractivity contribution is 5.42. The molecule has 0 saturated carbocycles. The zero-order chi connectivity index (χ0) is 14.4. The molecule has 0 fully saturated rings. The topological polar surface area (TPSA) is 53.7 Å². The van der Waals surface area contributed by atoms with E-state index < -0.39 is 0 Å². The molecule has 0 aliphatic heterocycles. The van der Waals surface area contributed by atoms with Crippen molar-refractivity contribution in [1.82, 2.24) is 0 Å². The molecule has 0 unspecified atom stereocenters. The number of hydrogen-bond donors (Lipinski definition) is 1. The zero-order valence-corrected chi connectivity index (χ0v) is 11.8. The van der Waals surface area contributed by atoms with Crippen LogP contribution in [0.5, 0.6) is 11.5 Å². The van der Waals surface area contributed by atoms with Crippen molar-refractivity contribution in [3.63, 3.8) is 0 Å². The largest absolute Gasteiger partial charge is 0.493 e. The van der Waals surface area contributed by atoms with Gasteiger partial charge in [-0.15, -0.1) is 0 Å². The summed E-state index contributed by atoms with van der Waals surface area (Å²) in [6.07, 6.45) is 0. The van der Waals surface area contributed by atoms with Crippen LogP contribution >= 0.6 is 0 Å². The minimum Gasteiger partial charge on any atom is -0.493 e. The summed E-state index contributed by atoms with van der Waals surface area (Å²) < 4.78 is 16.1. The molecule has 0 spiro atoms. The van der Waals surface area contributed by atoms with Crippen molar-refractivity contribution in [2.75, 3.05) is 20.0 Å². The van der Waals surface area contributed by atoms with Crippen LogP contribution in [0.3, 0.4) is 0 Å². The molecule has 2 aromatic rings. The van der Waals surface area contributed by atoms with E-state index in [9.17, 15) is 0 Å². The fraction of sp³-hybridized carbons (Fsp3) is 0.250. The van der Waals surface area contributed by atoms with Gasteiger partial charge in [-0.05, 0) is 35.4 Å². The van der Waals surface area contributed by atoms with Gasteiger partial charge >= 0.3 is 0 Å². The Balaban J connectivity index is 1.92. The number of rotatable bonds is 6. The van der Waals surface area contributed by atoms with Crippen molar-refractivity contribution >= 4 is 5.69 Å². The van der Waals surface area contributed by atoms with E-state index in [2.05, 4.69) is 0 Å². The van der Waals surface area contributed by atoms with Crippen LogP contribution in [0.1, 0.15) is 11.1 Å². The molecule has 0 amide bonds. The van der Waals surface area contributed by atoms with Crippen molar-refractivity contribution in [3.8, 4) is 11.5 Å². The lowest BCUT2D eigenvalue weighted by atomic mass is 10.2. The van der Waals surface area contributed by atoms with Gasteiger partial charge in [0.15, 0.2) is 11.5 Å². The van der Waals surface area contributed by atoms with Crippen LogP contribution < -0.4 is 15.2 Å². The molecule has 0 aliphatic rings. The Morgan fingerprint density at radius 1 is 0.800 bits per heavy atom. The van der Waals surface area contributed by atoms with E-state index in [4.69, 9.17) is 19.9 Å². The Kier molecular flexibility index (Phi) is 4.85. The van der Waals surface area contributed by atoms with E-state index in [0.717, 1.165) is 22.6 Å². The molecule has 0 aromatic heterocycles. The summed E-state index contributed by atoms with van der Waals surface area (Å²) in [5, 5.41) is 0. The zero-order valence-electron chi connectivity index (χ0n) is 11.8. The van der Waals surface area contributed by atoms with Gasteiger partial charge in [-0.2, -0.15) is 0 Å². The summed E-state index contributed by atoms with van der Waals surface area (Å²) in [7, 11) is 3.24. The van der Waals surface area contributed by atoms with Crippen LogP contribution in [0.4, 0.5) is 5.69 Å². The lowest BCUT2D eigenvalue weighted by molar-refractivity contribution is 0.107. The Morgan fingerprint density at radius 3 is 2.05 bits per heavy atom. The second-order valence-electron chi connectivity index (χ2n) is 4.42. The number of anilines is 1. The van der Waals surface area contributed by atoms with Gasteiger partial charge < -0.3 is 19.9 Å². The predicted molar refractivity (Wildman–Crippen MR) is 78.9 cm³/mol. The number of nitrogen functional groups attached to an aromatic ring is 1. The number of benzene rings is 2. The summed E-state index contributed by atoms with van der Waals surface area (Å²) in [5.74, 6) is 1.43. The van der Waals surface area contributed by atoms with Gasteiger partial charge in [0.1, 0.15) is 0 Å². The van der Waals surface area contributed by atoms with Gasteiger partial charge in [0.2, 0.25) is 0 Å². The molecule has 2 N–H and O–H groups in total. The van der Waals surface area contributed by atoms with Gasteiger partial charge in [0, 0.05) is 5.69 Å². The second kappa shape index (κ2) is 6.82. The predicted octanol–water partition coefficient (Wildman–Crippen LogP) is 3.00. The van der Waals surface area contributed by atoms with E-state index in [-0.39, 0.29) is 0 Å². The van der Waals surface area contributed by atoms with E-state index in [1.54, 1.807) is 14.2 Å². The van der Waals surface area contributed by atoms with Gasteiger partial charge in [0.05, 0.1) is 27.4 Å². The Bertz CT molecular complexity index is 552. The smallest absolute Gasteiger partial charge is 0.161 e. The molecule has 20 heavy (non-hydrogen) atoms. The minimum atomic E-state index is 0.519. The molecule has 0 heterocycles. The van der Waals surface area contributed by atoms with Gasteiger partial charge in [0.25, 0.3) is 0 Å². The molecule has 4 heteroatoms. The summed E-state index contributed by atoms with van der Waals surface area (Å²) in [5.41, 5.74) is 8.53. The van der Waals surface area contributed by atoms with Crippen molar-refractivity contribution < 1.29 is 14.2 Å². The minimum absolute atomic E-state index is 0.519. The maximum atomic E-state index is 5.68. The lowest BCUT2D eigenvalue weighted by Crippen LogP contribution is -1.96. The highest BCUT2D eigenvalue weighted by Crippen LogP contribution is 2.27. The Labute approximate surface area is 119 Å². The highest BCUT2D eigenvalue weighted by atomic mass is 16.5. The summed E-state index contributed by atoms with van der Waals surface area (Å²) >= 11 is 0. The van der Waals surface area contributed by atoms with Gasteiger partial charge in [-0.1, -0.05) is 18.2 Å². The van der Waals surface area contributed by atoms with Crippen molar-refractivity contribution in [1.29, 1.82) is 0 Å². The van der Waals surface area contributed by atoms with Crippen LogP contribution in [-0.2, 0) is 18.0 Å². The first-order chi connectivity index (χ1) is 9.72. The van der Waals surface area contributed by atoms with Gasteiger partial charge in [-0.3, -0.25) is 0 Å². The van der Waals surface area contributed by atoms with E-state index >= 15 is 0 Å². The average molecular weight is 273 g/mol. The van der Waals surface area contributed by atoms with E-state index in [1.165, 1.54) is 0 Å². The monoisotopic (exact) mass is 273 g/mol. The standard InChI is InChI=1S/C16H19NO3/c1-18-15-8-5-13(9-16(15)19-2)11-20-10-12-3-6-14(17)7-4-12/h3-9H,10-11,17H2,1-2H3. The third kappa shape index (κ3) is 3.65. The van der Waals surface area contributed by atoms with Crippen molar-refractivity contribution in [3.05, 3.63) is 53.6 Å². The molecule has 4 nitrogen and oxygen atoms in total. The normalized spacial score (nSPS) is 10.3. The van der Waals surface area contributed by atoms with Crippen LogP contribution in [0, 0.1) is 0 Å². The molecule has 0 aliphatic carbocycles. The molecule has 0 bridgehead atoms. The maximum absolute atomic E-state index is 5.68. The molecule has 0 atom stereocenters. The quantitative estimate of drug-likeness (QED) is 0.822. The second-order valence-corrected chi connectivity index (χ2v) is 4.42. The highest BCUT2D eigenvalue weighted by Gasteiger charge is 2.04. The number of nitrogens with two attached hydrogens (primary N) is 1. The van der Waals surface area contributed by atoms with Gasteiger partial charge in [-0.25, -0.2) is 0 Å². The SMILES string of the molecule is COc1ccc(COCc2ccc(N)cc2)cc1OC. The van der Waals surface area contributed by atoms with Crippen molar-refractivity contribution in [2.24, 2.45) is 0 Å². The van der Waals surface area contributed by atoms with Crippen LogP contribution in [0.2, 0.25) is 0 Å². The Hall–Kier alpha value is -2.20. The third-order valence-corrected chi connectivity index (χ3v) is 2.97. The first kappa shape index (κ1) is 14.2. The van der Waals surface area contributed by atoms with Crippen LogP contribution in [-0.4, -0.2) is 14.2 Å². The van der Waals surface area contributed by atoms with E-state index in [1.807, 2.05) is 42.5 Å². The fourth-order valence-electron chi connectivity index (χ4n) is 1.87. The van der Waals surface area contributed by atoms with Crippen LogP contribution in [0.25, 0.3) is 0 Å². The molecular formula is C16H19NO3. The number of ether oxygens (including phenoxy) is 3. The summed E-state index contributed by atoms with van der Waals surface area (Å²) in [6.45, 7) is 1.07. The molecule has 0 saturated heterocycles. The van der Waals surface area contributed by atoms with E-state index in [0.29, 0.717) is 19.0 Å². The first-order valence-electron chi connectivity index (χ1n) is 6.36. The number of hydrogen-bond acceptors (Lipinski definition) is 4. The molecular weight excluding hydrogens is 254 g/mol. The first-order valence-corrected chi connectivity index (χ1v) is 6.36. The summed E-state index contributed by atoms with van der Waals surface area (Å²) in [6, 6.07) is 13.4. The molecule has 2 rings (SSSR count). The van der Waals surface area contributed by atoms with Crippen LogP contribution in [0.15, 0.2) is 42.5 Å². The Morgan fingerprint density at radius 2 is 1.40 bits per heavy atom. The average Bonchev–Trinajstić information content (AvgIpc) is 2.49.